The summed E-state index contributed by atoms with van der Waals surface area (Å²) in [5.74, 6) is 1.73. The van der Waals surface area contributed by atoms with Gasteiger partial charge in [-0.05, 0) is 44.5 Å². The summed E-state index contributed by atoms with van der Waals surface area (Å²) in [5.41, 5.74) is 1.17. The summed E-state index contributed by atoms with van der Waals surface area (Å²) in [6.45, 7) is 6.46. The summed E-state index contributed by atoms with van der Waals surface area (Å²) >= 11 is 1.54. The van der Waals surface area contributed by atoms with Crippen molar-refractivity contribution in [1.29, 1.82) is 0 Å². The fourth-order valence-electron chi connectivity index (χ4n) is 1.74. The molecule has 0 bridgehead atoms. The van der Waals surface area contributed by atoms with Crippen molar-refractivity contribution < 1.29 is 9.21 Å². The van der Waals surface area contributed by atoms with Crippen molar-refractivity contribution in [2.24, 2.45) is 0 Å². The zero-order valence-corrected chi connectivity index (χ0v) is 11.9. The van der Waals surface area contributed by atoms with Crippen molar-refractivity contribution in [3.8, 4) is 0 Å². The molecule has 0 radical (unpaired) electrons. The molecule has 0 saturated heterocycles. The third-order valence-electron chi connectivity index (χ3n) is 2.91. The molecule has 0 aliphatic rings. The fourth-order valence-corrected chi connectivity index (χ4v) is 2.77. The Labute approximate surface area is 111 Å². The van der Waals surface area contributed by atoms with Crippen LogP contribution in [0, 0.1) is 20.8 Å². The average molecular weight is 263 g/mol. The molecule has 0 aromatic carbocycles. The van der Waals surface area contributed by atoms with E-state index in [-0.39, 0.29) is 5.91 Å². The van der Waals surface area contributed by atoms with Crippen LogP contribution in [0.15, 0.2) is 22.6 Å². The van der Waals surface area contributed by atoms with Crippen molar-refractivity contribution in [3.63, 3.8) is 0 Å². The van der Waals surface area contributed by atoms with Crippen LogP contribution >= 0.6 is 11.3 Å². The predicted molar refractivity (Wildman–Crippen MR) is 73.0 cm³/mol. The Hall–Kier alpha value is -1.55. The van der Waals surface area contributed by atoms with Crippen LogP contribution in [-0.2, 0) is 6.54 Å². The topological polar surface area (TPSA) is 33.5 Å². The number of carbonyl (C=O) groups excluding carboxylic acids is 1. The molecular formula is C14H17NO2S. The van der Waals surface area contributed by atoms with E-state index < -0.39 is 0 Å². The molecule has 1 amide bonds. The molecule has 0 aliphatic heterocycles. The molecule has 0 spiro atoms. The summed E-state index contributed by atoms with van der Waals surface area (Å²) in [6, 6.07) is 5.77. The summed E-state index contributed by atoms with van der Waals surface area (Å²) < 4.78 is 5.48. The Morgan fingerprint density at radius 1 is 1.33 bits per heavy atom. The van der Waals surface area contributed by atoms with E-state index in [4.69, 9.17) is 4.42 Å². The first-order valence-electron chi connectivity index (χ1n) is 5.85. The van der Waals surface area contributed by atoms with Gasteiger partial charge in [0.2, 0.25) is 0 Å². The minimum atomic E-state index is 0.0465. The largest absolute Gasteiger partial charge is 0.464 e. The summed E-state index contributed by atoms with van der Waals surface area (Å²) in [4.78, 5) is 15.9. The van der Waals surface area contributed by atoms with Gasteiger partial charge in [0.05, 0.1) is 11.4 Å². The first kappa shape index (κ1) is 12.9. The van der Waals surface area contributed by atoms with E-state index in [1.54, 1.807) is 23.3 Å². The Balaban J connectivity index is 2.09. The second-order valence-corrected chi connectivity index (χ2v) is 5.78. The molecule has 2 aromatic rings. The van der Waals surface area contributed by atoms with Crippen molar-refractivity contribution in [1.82, 2.24) is 4.90 Å². The van der Waals surface area contributed by atoms with Crippen LogP contribution in [0.1, 0.15) is 31.6 Å². The number of nitrogens with zero attached hydrogens (tertiary/aromatic N) is 1. The van der Waals surface area contributed by atoms with Gasteiger partial charge in [0.1, 0.15) is 11.5 Å². The Kier molecular flexibility index (Phi) is 3.57. The van der Waals surface area contributed by atoms with Gasteiger partial charge in [-0.3, -0.25) is 4.79 Å². The first-order chi connectivity index (χ1) is 8.47. The van der Waals surface area contributed by atoms with E-state index in [2.05, 4.69) is 0 Å². The zero-order chi connectivity index (χ0) is 13.3. The molecule has 18 heavy (non-hydrogen) atoms. The highest BCUT2D eigenvalue weighted by Gasteiger charge is 2.16. The van der Waals surface area contributed by atoms with Gasteiger partial charge in [0.15, 0.2) is 0 Å². The van der Waals surface area contributed by atoms with Gasteiger partial charge in [0.25, 0.3) is 5.91 Å². The van der Waals surface area contributed by atoms with Gasteiger partial charge >= 0.3 is 0 Å². The van der Waals surface area contributed by atoms with Crippen molar-refractivity contribution in [2.75, 3.05) is 7.05 Å². The standard InChI is InChI=1S/C14H17NO2S/c1-9-7-13(18-11(9)3)14(16)15(4)8-12-6-5-10(2)17-12/h5-7H,8H2,1-4H3. The van der Waals surface area contributed by atoms with Crippen LogP contribution in [0.5, 0.6) is 0 Å². The van der Waals surface area contributed by atoms with E-state index in [9.17, 15) is 4.79 Å². The molecular weight excluding hydrogens is 246 g/mol. The van der Waals surface area contributed by atoms with Crippen molar-refractivity contribution >= 4 is 17.2 Å². The molecule has 0 atom stereocenters. The van der Waals surface area contributed by atoms with Crippen LogP contribution in [0.4, 0.5) is 0 Å². The molecule has 3 nitrogen and oxygen atoms in total. The van der Waals surface area contributed by atoms with Crippen molar-refractivity contribution in [2.45, 2.75) is 27.3 Å². The summed E-state index contributed by atoms with van der Waals surface area (Å²) in [7, 11) is 1.80. The Morgan fingerprint density at radius 3 is 2.56 bits per heavy atom. The maximum absolute atomic E-state index is 12.2. The second kappa shape index (κ2) is 4.98. The van der Waals surface area contributed by atoms with Gasteiger partial charge in [-0.2, -0.15) is 0 Å². The lowest BCUT2D eigenvalue weighted by atomic mass is 10.2. The maximum atomic E-state index is 12.2. The van der Waals surface area contributed by atoms with Crippen LogP contribution in [-0.4, -0.2) is 17.9 Å². The van der Waals surface area contributed by atoms with E-state index in [0.29, 0.717) is 6.54 Å². The van der Waals surface area contributed by atoms with Gasteiger partial charge in [-0.1, -0.05) is 0 Å². The molecule has 2 heterocycles. The average Bonchev–Trinajstić information content (AvgIpc) is 2.85. The zero-order valence-electron chi connectivity index (χ0n) is 11.1. The van der Waals surface area contributed by atoms with Crippen LogP contribution in [0.2, 0.25) is 0 Å². The lowest BCUT2D eigenvalue weighted by Gasteiger charge is -2.14. The molecule has 0 fully saturated rings. The molecule has 0 aliphatic carbocycles. The highest BCUT2D eigenvalue weighted by atomic mass is 32.1. The fraction of sp³-hybridized carbons (Fsp3) is 0.357. The number of aryl methyl sites for hydroxylation is 3. The number of furan rings is 1. The van der Waals surface area contributed by atoms with E-state index >= 15 is 0 Å². The number of carbonyl (C=O) groups is 1. The Bertz CT molecular complexity index is 549. The summed E-state index contributed by atoms with van der Waals surface area (Å²) in [6.07, 6.45) is 0. The lowest BCUT2D eigenvalue weighted by molar-refractivity contribution is 0.0779. The monoisotopic (exact) mass is 263 g/mol. The molecule has 0 unspecified atom stereocenters. The highest BCUT2D eigenvalue weighted by Crippen LogP contribution is 2.22. The van der Waals surface area contributed by atoms with Gasteiger partial charge in [-0.25, -0.2) is 0 Å². The number of amides is 1. The molecule has 96 valence electrons. The number of hydrogen-bond acceptors (Lipinski definition) is 3. The quantitative estimate of drug-likeness (QED) is 0.848. The summed E-state index contributed by atoms with van der Waals surface area (Å²) in [5, 5.41) is 0. The van der Waals surface area contributed by atoms with Crippen molar-refractivity contribution in [3.05, 3.63) is 45.0 Å². The smallest absolute Gasteiger partial charge is 0.264 e. The Morgan fingerprint density at radius 2 is 2.06 bits per heavy atom. The van der Waals surface area contributed by atoms with E-state index in [1.807, 2.05) is 39.0 Å². The third-order valence-corrected chi connectivity index (χ3v) is 4.05. The van der Waals surface area contributed by atoms with Gasteiger partial charge < -0.3 is 9.32 Å². The molecule has 2 rings (SSSR count). The maximum Gasteiger partial charge on any atom is 0.264 e. The second-order valence-electron chi connectivity index (χ2n) is 4.52. The molecule has 2 aromatic heterocycles. The SMILES string of the molecule is Cc1ccc(CN(C)C(=O)c2cc(C)c(C)s2)o1. The minimum absolute atomic E-state index is 0.0465. The van der Waals surface area contributed by atoms with Crippen LogP contribution in [0.25, 0.3) is 0 Å². The highest BCUT2D eigenvalue weighted by molar-refractivity contribution is 7.14. The first-order valence-corrected chi connectivity index (χ1v) is 6.67. The lowest BCUT2D eigenvalue weighted by Crippen LogP contribution is -2.25. The normalized spacial score (nSPS) is 10.7. The number of rotatable bonds is 3. The van der Waals surface area contributed by atoms with Crippen LogP contribution in [0.3, 0.4) is 0 Å². The van der Waals surface area contributed by atoms with Gasteiger partial charge in [0, 0.05) is 11.9 Å². The van der Waals surface area contributed by atoms with Gasteiger partial charge in [-0.15, -0.1) is 11.3 Å². The molecule has 0 saturated carbocycles. The number of thiophene rings is 1. The minimum Gasteiger partial charge on any atom is -0.464 e. The van der Waals surface area contributed by atoms with E-state index in [1.165, 1.54) is 10.4 Å². The molecule has 4 heteroatoms. The molecule has 0 N–H and O–H groups in total. The predicted octanol–water partition coefficient (Wildman–Crippen LogP) is 3.54. The third kappa shape index (κ3) is 2.64. The number of hydrogen-bond donors (Lipinski definition) is 0. The van der Waals surface area contributed by atoms with E-state index in [0.717, 1.165) is 16.4 Å². The van der Waals surface area contributed by atoms with Crippen LogP contribution < -0.4 is 0 Å².